The molecule has 2 aliphatic rings. The van der Waals surface area contributed by atoms with Crippen molar-refractivity contribution in [1.29, 1.82) is 0 Å². The number of hydrogen-bond acceptors (Lipinski definition) is 9. The van der Waals surface area contributed by atoms with E-state index in [0.29, 0.717) is 61.9 Å². The number of pyridine rings is 1. The number of ether oxygens (including phenoxy) is 2. The summed E-state index contributed by atoms with van der Waals surface area (Å²) in [4.78, 5) is 13.0. The summed E-state index contributed by atoms with van der Waals surface area (Å²) in [5, 5.41) is -0.383. The van der Waals surface area contributed by atoms with Gasteiger partial charge in [-0.1, -0.05) is 6.58 Å². The highest BCUT2D eigenvalue weighted by Crippen LogP contribution is 2.38. The van der Waals surface area contributed by atoms with Gasteiger partial charge in [0.2, 0.25) is 15.9 Å². The van der Waals surface area contributed by atoms with Crippen LogP contribution in [-0.2, 0) is 14.8 Å². The number of methoxy groups -OCH3 is 1. The zero-order chi connectivity index (χ0) is 23.8. The third-order valence-corrected chi connectivity index (χ3v) is 9.68. The molecule has 3 N–H and O–H groups in total. The van der Waals surface area contributed by atoms with Crippen LogP contribution in [0.25, 0.3) is 0 Å². The van der Waals surface area contributed by atoms with E-state index < -0.39 is 10.0 Å². The third-order valence-electron chi connectivity index (χ3n) is 5.41. The van der Waals surface area contributed by atoms with Crippen LogP contribution in [0.4, 0.5) is 11.4 Å². The third kappa shape index (κ3) is 5.18. The Morgan fingerprint density at radius 1 is 1.42 bits per heavy atom. The van der Waals surface area contributed by atoms with Crippen molar-refractivity contribution < 1.29 is 17.9 Å². The topological polar surface area (TPSA) is 119 Å². The molecular weight excluding hydrogens is 530 g/mol. The van der Waals surface area contributed by atoms with Crippen molar-refractivity contribution in [3.05, 3.63) is 44.5 Å². The van der Waals surface area contributed by atoms with Crippen molar-refractivity contribution in [2.75, 3.05) is 43.9 Å². The number of halogens is 1. The molecule has 0 radical (unpaired) electrons. The number of aliphatic imine (C=N–C) groups is 1. The number of aromatic nitrogens is 1. The van der Waals surface area contributed by atoms with Crippen LogP contribution in [0.5, 0.6) is 5.88 Å². The quantitative estimate of drug-likeness (QED) is 0.479. The van der Waals surface area contributed by atoms with Gasteiger partial charge < -0.3 is 20.1 Å². The van der Waals surface area contributed by atoms with Gasteiger partial charge in [0.1, 0.15) is 11.5 Å². The zero-order valence-corrected chi connectivity index (χ0v) is 21.6. The molecule has 4 rings (SSSR count). The number of anilines is 2. The van der Waals surface area contributed by atoms with Crippen LogP contribution in [0, 0.1) is 6.92 Å². The first-order chi connectivity index (χ1) is 15.7. The molecule has 0 amide bonds. The van der Waals surface area contributed by atoms with Crippen molar-refractivity contribution in [2.45, 2.75) is 25.0 Å². The van der Waals surface area contributed by atoms with Crippen LogP contribution in [0.2, 0.25) is 0 Å². The fourth-order valence-electron chi connectivity index (χ4n) is 3.42. The molecule has 0 bridgehead atoms. The van der Waals surface area contributed by atoms with Gasteiger partial charge in [0, 0.05) is 29.7 Å². The SMILES string of the molecule is C=C(N=C(c1cnc(OC)c(NS(=O)(=O)C2CC2)c1)c1sc(C)c(Br)c1N)N1CCOCC1. The Morgan fingerprint density at radius 2 is 2.12 bits per heavy atom. The highest BCUT2D eigenvalue weighted by Gasteiger charge is 2.36. The molecule has 178 valence electrons. The lowest BCUT2D eigenvalue weighted by molar-refractivity contribution is 0.0534. The number of hydrogen-bond donors (Lipinski definition) is 2. The Hall–Kier alpha value is -2.15. The van der Waals surface area contributed by atoms with Gasteiger partial charge in [-0.15, -0.1) is 11.3 Å². The van der Waals surface area contributed by atoms with Crippen molar-refractivity contribution >= 4 is 54.4 Å². The lowest BCUT2D eigenvalue weighted by Gasteiger charge is -2.28. The molecule has 1 aliphatic carbocycles. The van der Waals surface area contributed by atoms with Gasteiger partial charge >= 0.3 is 0 Å². The summed E-state index contributed by atoms with van der Waals surface area (Å²) in [5.74, 6) is 0.761. The maximum atomic E-state index is 12.6. The first-order valence-electron chi connectivity index (χ1n) is 10.4. The smallest absolute Gasteiger partial charge is 0.238 e. The second-order valence-electron chi connectivity index (χ2n) is 7.82. The molecule has 1 saturated carbocycles. The number of sulfonamides is 1. The average Bonchev–Trinajstić information content (AvgIpc) is 3.63. The predicted octanol–water partition coefficient (Wildman–Crippen LogP) is 3.35. The van der Waals surface area contributed by atoms with Crippen LogP contribution in [0.1, 0.15) is 28.2 Å². The van der Waals surface area contributed by atoms with Crippen LogP contribution in [0.3, 0.4) is 0 Å². The number of nitrogen functional groups attached to an aromatic ring is 1. The van der Waals surface area contributed by atoms with E-state index in [0.717, 1.165) is 14.2 Å². The first-order valence-corrected chi connectivity index (χ1v) is 13.6. The van der Waals surface area contributed by atoms with E-state index in [4.69, 9.17) is 20.2 Å². The number of nitrogens with zero attached hydrogens (tertiary/aromatic N) is 3. The molecule has 0 unspecified atom stereocenters. The fourth-order valence-corrected chi connectivity index (χ4v) is 6.34. The average molecular weight is 557 g/mol. The van der Waals surface area contributed by atoms with Crippen LogP contribution >= 0.6 is 27.3 Å². The Kier molecular flexibility index (Phi) is 6.99. The zero-order valence-electron chi connectivity index (χ0n) is 18.4. The Balaban J connectivity index is 1.79. The summed E-state index contributed by atoms with van der Waals surface area (Å²) < 4.78 is 39.4. The molecule has 0 spiro atoms. The lowest BCUT2D eigenvalue weighted by Crippen LogP contribution is -2.35. The van der Waals surface area contributed by atoms with Gasteiger partial charge in [-0.05, 0) is 41.8 Å². The summed E-state index contributed by atoms with van der Waals surface area (Å²) in [5.41, 5.74) is 8.38. The molecule has 1 saturated heterocycles. The van der Waals surface area contributed by atoms with Crippen molar-refractivity contribution in [3.63, 3.8) is 0 Å². The lowest BCUT2D eigenvalue weighted by atomic mass is 10.1. The highest BCUT2D eigenvalue weighted by molar-refractivity contribution is 9.10. The molecule has 2 aromatic heterocycles. The molecule has 1 aliphatic heterocycles. The predicted molar refractivity (Wildman–Crippen MR) is 135 cm³/mol. The minimum Gasteiger partial charge on any atom is -0.480 e. The molecule has 2 fully saturated rings. The van der Waals surface area contributed by atoms with Crippen LogP contribution < -0.4 is 15.2 Å². The van der Waals surface area contributed by atoms with E-state index in [2.05, 4.69) is 32.2 Å². The standard InChI is InChI=1S/C21H26BrN5O4S2/c1-12-17(22)18(23)20(32-12)19(25-13(2)27-6-8-31-9-7-27)14-10-16(21(30-3)24-11-14)26-33(28,29)15-4-5-15/h10-11,15,26H,2,4-9,23H2,1,3H3. The van der Waals surface area contributed by atoms with Gasteiger partial charge in [0.25, 0.3) is 0 Å². The largest absolute Gasteiger partial charge is 0.480 e. The number of thiophene rings is 1. The fraction of sp³-hybridized carbons (Fsp3) is 0.429. The second-order valence-corrected chi connectivity index (χ2v) is 11.8. The molecule has 2 aromatic rings. The number of nitrogens with two attached hydrogens (primary N) is 1. The molecule has 12 heteroatoms. The normalized spacial score (nSPS) is 17.2. The number of nitrogens with one attached hydrogen (secondary N) is 1. The van der Waals surface area contributed by atoms with E-state index >= 15 is 0 Å². The summed E-state index contributed by atoms with van der Waals surface area (Å²) in [6.45, 7) is 8.70. The Morgan fingerprint density at radius 3 is 2.70 bits per heavy atom. The molecule has 0 atom stereocenters. The minimum atomic E-state index is -3.51. The minimum absolute atomic E-state index is 0.186. The van der Waals surface area contributed by atoms with E-state index in [1.54, 1.807) is 12.3 Å². The first kappa shape index (κ1) is 24.0. The van der Waals surface area contributed by atoms with Crippen molar-refractivity contribution in [3.8, 4) is 5.88 Å². The molecular formula is C21H26BrN5O4S2. The number of aryl methyl sites for hydroxylation is 1. The summed E-state index contributed by atoms with van der Waals surface area (Å²) in [7, 11) is -2.06. The molecule has 9 nitrogen and oxygen atoms in total. The van der Waals surface area contributed by atoms with E-state index in [9.17, 15) is 8.42 Å². The summed E-state index contributed by atoms with van der Waals surface area (Å²) in [6.07, 6.45) is 2.90. The van der Waals surface area contributed by atoms with Crippen molar-refractivity contribution in [2.24, 2.45) is 4.99 Å². The maximum Gasteiger partial charge on any atom is 0.238 e. The van der Waals surface area contributed by atoms with Gasteiger partial charge in [0.15, 0.2) is 0 Å². The monoisotopic (exact) mass is 555 g/mol. The van der Waals surface area contributed by atoms with E-state index in [-0.39, 0.29) is 16.8 Å². The number of rotatable bonds is 8. The Bertz CT molecular complexity index is 1200. The van der Waals surface area contributed by atoms with Gasteiger partial charge in [0.05, 0.1) is 46.3 Å². The van der Waals surface area contributed by atoms with Gasteiger partial charge in [-0.2, -0.15) is 0 Å². The molecule has 3 heterocycles. The number of morpholine rings is 1. The van der Waals surface area contributed by atoms with Crippen molar-refractivity contribution in [1.82, 2.24) is 9.88 Å². The highest BCUT2D eigenvalue weighted by atomic mass is 79.9. The Labute approximate surface area is 205 Å². The maximum absolute atomic E-state index is 12.6. The summed E-state index contributed by atoms with van der Waals surface area (Å²) >= 11 is 5.03. The van der Waals surface area contributed by atoms with Crippen LogP contribution in [0.15, 0.2) is 34.1 Å². The van der Waals surface area contributed by atoms with Crippen LogP contribution in [-0.4, -0.2) is 62.7 Å². The summed E-state index contributed by atoms with van der Waals surface area (Å²) in [6, 6.07) is 1.68. The van der Waals surface area contributed by atoms with E-state index in [1.807, 2.05) is 11.8 Å². The molecule has 0 aromatic carbocycles. The second kappa shape index (κ2) is 9.61. The molecule has 33 heavy (non-hydrogen) atoms. The van der Waals surface area contributed by atoms with Gasteiger partial charge in [-0.25, -0.2) is 18.4 Å². The van der Waals surface area contributed by atoms with Gasteiger partial charge in [-0.3, -0.25) is 4.72 Å². The van der Waals surface area contributed by atoms with E-state index in [1.165, 1.54) is 18.4 Å².